The fourth-order valence-corrected chi connectivity index (χ4v) is 2.84. The number of guanidine groups is 1. The van der Waals surface area contributed by atoms with Gasteiger partial charge in [-0.25, -0.2) is 4.99 Å². The van der Waals surface area contributed by atoms with Gasteiger partial charge in [0, 0.05) is 45.6 Å². The molecule has 0 atom stereocenters. The maximum Gasteiger partial charge on any atom is 0.224 e. The van der Waals surface area contributed by atoms with Crippen LogP contribution in [0.15, 0.2) is 4.99 Å². The Morgan fingerprint density at radius 2 is 2.04 bits per heavy atom. The lowest BCUT2D eigenvalue weighted by atomic mass is 10.3. The van der Waals surface area contributed by atoms with E-state index < -0.39 is 0 Å². The smallest absolute Gasteiger partial charge is 0.224 e. The van der Waals surface area contributed by atoms with Crippen molar-refractivity contribution >= 4 is 11.9 Å². The molecule has 0 saturated heterocycles. The van der Waals surface area contributed by atoms with Crippen molar-refractivity contribution in [2.75, 3.05) is 26.2 Å². The van der Waals surface area contributed by atoms with Crippen molar-refractivity contribution in [3.05, 3.63) is 11.6 Å². The number of hydrogen-bond acceptors (Lipinski definition) is 4. The zero-order valence-electron chi connectivity index (χ0n) is 15.0. The Morgan fingerprint density at radius 1 is 1.25 bits per heavy atom. The van der Waals surface area contributed by atoms with Crippen LogP contribution < -0.4 is 10.6 Å². The third kappa shape index (κ3) is 4.69. The first-order valence-electron chi connectivity index (χ1n) is 8.90. The molecule has 134 valence electrons. The highest BCUT2D eigenvalue weighted by Crippen LogP contribution is 2.14. The zero-order chi connectivity index (χ0) is 17.4. The molecule has 1 aliphatic heterocycles. The van der Waals surface area contributed by atoms with E-state index in [1.165, 1.54) is 0 Å². The normalized spacial score (nSPS) is 13.7. The molecule has 2 N–H and O–H groups in total. The SMILES string of the molecule is CCNC(=NCc1nnc2n1CCC2)NCCC(=O)N(CC)CC. The highest BCUT2D eigenvalue weighted by atomic mass is 16.2. The van der Waals surface area contributed by atoms with Crippen LogP contribution in [0, 0.1) is 0 Å². The number of aryl methyl sites for hydroxylation is 1. The van der Waals surface area contributed by atoms with Crippen molar-refractivity contribution in [2.24, 2.45) is 4.99 Å². The summed E-state index contributed by atoms with van der Waals surface area (Å²) in [6, 6.07) is 0. The molecule has 0 radical (unpaired) electrons. The van der Waals surface area contributed by atoms with Crippen molar-refractivity contribution in [3.63, 3.8) is 0 Å². The van der Waals surface area contributed by atoms with Gasteiger partial charge in [-0.3, -0.25) is 4.79 Å². The van der Waals surface area contributed by atoms with E-state index in [0.29, 0.717) is 25.5 Å². The molecule has 8 nitrogen and oxygen atoms in total. The predicted octanol–water partition coefficient (Wildman–Crippen LogP) is 0.538. The second kappa shape index (κ2) is 9.24. The van der Waals surface area contributed by atoms with Gasteiger partial charge < -0.3 is 20.1 Å². The molecule has 2 rings (SSSR count). The average Bonchev–Trinajstić information content (AvgIpc) is 3.17. The van der Waals surface area contributed by atoms with Crippen molar-refractivity contribution in [3.8, 4) is 0 Å². The summed E-state index contributed by atoms with van der Waals surface area (Å²) in [6.07, 6.45) is 2.60. The van der Waals surface area contributed by atoms with Crippen LogP contribution in [0.1, 0.15) is 45.3 Å². The van der Waals surface area contributed by atoms with E-state index in [2.05, 4.69) is 30.4 Å². The molecular weight excluding hydrogens is 306 g/mol. The van der Waals surface area contributed by atoms with Crippen LogP contribution in [0.5, 0.6) is 0 Å². The molecule has 24 heavy (non-hydrogen) atoms. The highest BCUT2D eigenvalue weighted by Gasteiger charge is 2.16. The van der Waals surface area contributed by atoms with Crippen LogP contribution in [-0.4, -0.2) is 57.7 Å². The van der Waals surface area contributed by atoms with E-state index in [4.69, 9.17) is 0 Å². The van der Waals surface area contributed by atoms with Gasteiger partial charge in [0.15, 0.2) is 11.8 Å². The molecule has 0 bridgehead atoms. The van der Waals surface area contributed by atoms with E-state index in [0.717, 1.165) is 50.7 Å². The standard InChI is InChI=1S/C16H29N7O/c1-4-17-16(18-10-9-15(24)22(5-2)6-3)19-12-14-21-20-13-8-7-11-23(13)14/h4-12H2,1-3H3,(H2,17,18,19). The Bertz CT molecular complexity index is 563. The van der Waals surface area contributed by atoms with Crippen molar-refractivity contribution in [1.29, 1.82) is 0 Å². The molecule has 0 spiro atoms. The van der Waals surface area contributed by atoms with Crippen LogP contribution in [0.3, 0.4) is 0 Å². The minimum absolute atomic E-state index is 0.165. The lowest BCUT2D eigenvalue weighted by molar-refractivity contribution is -0.130. The Balaban J connectivity index is 1.85. The van der Waals surface area contributed by atoms with Gasteiger partial charge in [0.25, 0.3) is 0 Å². The van der Waals surface area contributed by atoms with E-state index in [-0.39, 0.29) is 5.91 Å². The third-order valence-electron chi connectivity index (χ3n) is 4.16. The van der Waals surface area contributed by atoms with Gasteiger partial charge >= 0.3 is 0 Å². The van der Waals surface area contributed by atoms with E-state index in [9.17, 15) is 4.79 Å². The molecule has 8 heteroatoms. The number of carbonyl (C=O) groups is 1. The number of amides is 1. The van der Waals surface area contributed by atoms with Crippen LogP contribution in [-0.2, 0) is 24.3 Å². The van der Waals surface area contributed by atoms with Crippen molar-refractivity contribution < 1.29 is 4.79 Å². The van der Waals surface area contributed by atoms with E-state index in [1.807, 2.05) is 25.7 Å². The van der Waals surface area contributed by atoms with Crippen molar-refractivity contribution in [1.82, 2.24) is 30.3 Å². The molecule has 1 aromatic heterocycles. The monoisotopic (exact) mass is 335 g/mol. The molecule has 0 aliphatic carbocycles. The molecule has 0 saturated carbocycles. The van der Waals surface area contributed by atoms with Gasteiger partial charge in [-0.15, -0.1) is 10.2 Å². The Morgan fingerprint density at radius 3 is 2.75 bits per heavy atom. The number of aliphatic imine (C=N–C) groups is 1. The Labute approximate surface area is 143 Å². The summed E-state index contributed by atoms with van der Waals surface area (Å²) in [4.78, 5) is 18.4. The highest BCUT2D eigenvalue weighted by molar-refractivity contribution is 5.81. The summed E-state index contributed by atoms with van der Waals surface area (Å²) in [5, 5.41) is 14.8. The van der Waals surface area contributed by atoms with E-state index >= 15 is 0 Å². The lowest BCUT2D eigenvalue weighted by Gasteiger charge is -2.19. The molecule has 1 amide bonds. The first-order valence-corrected chi connectivity index (χ1v) is 8.90. The first-order chi connectivity index (χ1) is 11.7. The maximum absolute atomic E-state index is 12.0. The van der Waals surface area contributed by atoms with E-state index in [1.54, 1.807) is 0 Å². The number of carbonyl (C=O) groups excluding carboxylic acids is 1. The number of nitrogens with zero attached hydrogens (tertiary/aromatic N) is 5. The van der Waals surface area contributed by atoms with Crippen LogP contribution in [0.4, 0.5) is 0 Å². The molecule has 0 unspecified atom stereocenters. The topological polar surface area (TPSA) is 87.4 Å². The van der Waals surface area contributed by atoms with Gasteiger partial charge in [0.1, 0.15) is 12.4 Å². The molecular formula is C16H29N7O. The fourth-order valence-electron chi connectivity index (χ4n) is 2.84. The average molecular weight is 335 g/mol. The largest absolute Gasteiger partial charge is 0.357 e. The minimum Gasteiger partial charge on any atom is -0.357 e. The number of nitrogens with one attached hydrogen (secondary N) is 2. The van der Waals surface area contributed by atoms with Gasteiger partial charge in [-0.05, 0) is 27.2 Å². The van der Waals surface area contributed by atoms with Gasteiger partial charge in [-0.1, -0.05) is 0 Å². The van der Waals surface area contributed by atoms with Crippen LogP contribution in [0.2, 0.25) is 0 Å². The predicted molar refractivity (Wildman–Crippen MR) is 93.7 cm³/mol. The second-order valence-corrected chi connectivity index (χ2v) is 5.73. The summed E-state index contributed by atoms with van der Waals surface area (Å²) < 4.78 is 2.15. The van der Waals surface area contributed by atoms with Crippen LogP contribution >= 0.6 is 0 Å². The zero-order valence-corrected chi connectivity index (χ0v) is 15.0. The molecule has 0 aromatic carbocycles. The molecule has 1 aromatic rings. The number of fused-ring (bicyclic) bond motifs is 1. The number of hydrogen-bond donors (Lipinski definition) is 2. The van der Waals surface area contributed by atoms with Crippen LogP contribution in [0.25, 0.3) is 0 Å². The summed E-state index contributed by atoms with van der Waals surface area (Å²) in [7, 11) is 0. The lowest BCUT2D eigenvalue weighted by Crippen LogP contribution is -2.40. The number of aromatic nitrogens is 3. The quantitative estimate of drug-likeness (QED) is 0.535. The number of rotatable bonds is 8. The summed E-state index contributed by atoms with van der Waals surface area (Å²) in [5.41, 5.74) is 0. The molecule has 1 aliphatic rings. The second-order valence-electron chi connectivity index (χ2n) is 5.73. The summed E-state index contributed by atoms with van der Waals surface area (Å²) in [6.45, 7) is 10.3. The summed E-state index contributed by atoms with van der Waals surface area (Å²) in [5.74, 6) is 2.83. The minimum atomic E-state index is 0.165. The fraction of sp³-hybridized carbons (Fsp3) is 0.750. The summed E-state index contributed by atoms with van der Waals surface area (Å²) >= 11 is 0. The molecule has 2 heterocycles. The maximum atomic E-state index is 12.0. The third-order valence-corrected chi connectivity index (χ3v) is 4.16. The Kier molecular flexibility index (Phi) is 7.02. The first kappa shape index (κ1) is 18.2. The van der Waals surface area contributed by atoms with Gasteiger partial charge in [-0.2, -0.15) is 0 Å². The Hall–Kier alpha value is -2.12. The van der Waals surface area contributed by atoms with Gasteiger partial charge in [0.05, 0.1) is 0 Å². The molecule has 0 fully saturated rings. The van der Waals surface area contributed by atoms with Gasteiger partial charge in [0.2, 0.25) is 5.91 Å². The van der Waals surface area contributed by atoms with Crippen molar-refractivity contribution in [2.45, 2.75) is 53.1 Å².